The minimum atomic E-state index is -0.533. The first-order chi connectivity index (χ1) is 8.70. The molecule has 18 heavy (non-hydrogen) atoms. The van der Waals surface area contributed by atoms with Gasteiger partial charge in [0.2, 0.25) is 5.91 Å². The smallest absolute Gasteiger partial charge is 0.315 e. The van der Waals surface area contributed by atoms with Crippen LogP contribution < -0.4 is 5.32 Å². The number of amides is 1. The van der Waals surface area contributed by atoms with E-state index >= 15 is 0 Å². The lowest BCUT2D eigenvalue weighted by molar-refractivity contribution is -0.145. The Hall–Kier alpha value is -2.37. The molecule has 1 aromatic carbocycles. The SMILES string of the molecule is CCOC(=O)CC(=O)Nc1cccc2[nH]ncc12. The van der Waals surface area contributed by atoms with Gasteiger partial charge in [-0.1, -0.05) is 6.07 Å². The largest absolute Gasteiger partial charge is 0.466 e. The van der Waals surface area contributed by atoms with E-state index in [0.717, 1.165) is 10.9 Å². The number of carbonyl (C=O) groups excluding carboxylic acids is 2. The summed E-state index contributed by atoms with van der Waals surface area (Å²) in [5, 5.41) is 10.2. The van der Waals surface area contributed by atoms with Crippen molar-refractivity contribution in [2.24, 2.45) is 0 Å². The number of esters is 1. The molecule has 0 aliphatic carbocycles. The van der Waals surface area contributed by atoms with Crippen LogP contribution in [0.15, 0.2) is 24.4 Å². The maximum Gasteiger partial charge on any atom is 0.315 e. The monoisotopic (exact) mass is 247 g/mol. The lowest BCUT2D eigenvalue weighted by atomic mass is 10.2. The van der Waals surface area contributed by atoms with Gasteiger partial charge < -0.3 is 10.1 Å². The van der Waals surface area contributed by atoms with Gasteiger partial charge in [-0.25, -0.2) is 0 Å². The number of nitrogens with zero attached hydrogens (tertiary/aromatic N) is 1. The molecule has 6 nitrogen and oxygen atoms in total. The standard InChI is InChI=1S/C12H13N3O3/c1-2-18-12(17)6-11(16)14-9-4-3-5-10-8(9)7-13-15-10/h3-5,7H,2,6H2,1H3,(H,13,15)(H,14,16). The van der Waals surface area contributed by atoms with Crippen molar-refractivity contribution in [2.45, 2.75) is 13.3 Å². The number of hydrogen-bond donors (Lipinski definition) is 2. The summed E-state index contributed by atoms with van der Waals surface area (Å²) in [4.78, 5) is 22.8. The molecule has 0 fully saturated rings. The normalized spacial score (nSPS) is 10.3. The zero-order valence-electron chi connectivity index (χ0n) is 9.90. The van der Waals surface area contributed by atoms with E-state index in [9.17, 15) is 9.59 Å². The molecule has 2 rings (SSSR count). The van der Waals surface area contributed by atoms with Gasteiger partial charge in [0, 0.05) is 5.39 Å². The van der Waals surface area contributed by atoms with Crippen LogP contribution in [0.4, 0.5) is 5.69 Å². The third kappa shape index (κ3) is 2.65. The summed E-state index contributed by atoms with van der Waals surface area (Å²) in [5.41, 5.74) is 1.44. The van der Waals surface area contributed by atoms with Gasteiger partial charge in [0.25, 0.3) is 0 Å². The number of aromatic nitrogens is 2. The topological polar surface area (TPSA) is 84.1 Å². The van der Waals surface area contributed by atoms with Gasteiger partial charge in [0.15, 0.2) is 0 Å². The molecule has 0 radical (unpaired) electrons. The van der Waals surface area contributed by atoms with Crippen molar-refractivity contribution in [3.63, 3.8) is 0 Å². The molecule has 0 unspecified atom stereocenters. The first kappa shape index (κ1) is 12.1. The first-order valence-corrected chi connectivity index (χ1v) is 5.58. The predicted molar refractivity (Wildman–Crippen MR) is 66.0 cm³/mol. The second-order valence-electron chi connectivity index (χ2n) is 3.67. The molecule has 94 valence electrons. The van der Waals surface area contributed by atoms with E-state index in [0.29, 0.717) is 5.69 Å². The fourth-order valence-electron chi connectivity index (χ4n) is 1.61. The molecule has 0 aliphatic rings. The van der Waals surface area contributed by atoms with Gasteiger partial charge in [0.1, 0.15) is 6.42 Å². The predicted octanol–water partition coefficient (Wildman–Crippen LogP) is 1.45. The first-order valence-electron chi connectivity index (χ1n) is 5.58. The second kappa shape index (κ2) is 5.31. The maximum absolute atomic E-state index is 11.6. The quantitative estimate of drug-likeness (QED) is 0.632. The summed E-state index contributed by atoms with van der Waals surface area (Å²) in [6.07, 6.45) is 1.33. The van der Waals surface area contributed by atoms with E-state index in [1.807, 2.05) is 6.07 Å². The van der Waals surface area contributed by atoms with Crippen LogP contribution in [-0.2, 0) is 14.3 Å². The van der Waals surface area contributed by atoms with E-state index in [2.05, 4.69) is 15.5 Å². The van der Waals surface area contributed by atoms with Gasteiger partial charge in [0.05, 0.1) is 24.0 Å². The van der Waals surface area contributed by atoms with Crippen LogP contribution in [0.25, 0.3) is 10.9 Å². The maximum atomic E-state index is 11.6. The van der Waals surface area contributed by atoms with Crippen LogP contribution in [0.2, 0.25) is 0 Å². The van der Waals surface area contributed by atoms with Crippen molar-refractivity contribution in [2.75, 3.05) is 11.9 Å². The molecule has 0 spiro atoms. The average molecular weight is 247 g/mol. The van der Waals surface area contributed by atoms with Gasteiger partial charge >= 0.3 is 5.97 Å². The fraction of sp³-hybridized carbons (Fsp3) is 0.250. The Kier molecular flexibility index (Phi) is 3.57. The highest BCUT2D eigenvalue weighted by atomic mass is 16.5. The molecule has 1 aromatic heterocycles. The Balaban J connectivity index is 2.07. The number of H-pyrrole nitrogens is 1. The minimum Gasteiger partial charge on any atom is -0.466 e. The minimum absolute atomic E-state index is 0.267. The van der Waals surface area contributed by atoms with Crippen LogP contribution in [0.3, 0.4) is 0 Å². The van der Waals surface area contributed by atoms with Crippen LogP contribution in [0.1, 0.15) is 13.3 Å². The number of rotatable bonds is 4. The Bertz CT molecular complexity index is 577. The molecule has 6 heteroatoms. The fourth-order valence-corrected chi connectivity index (χ4v) is 1.61. The summed E-state index contributed by atoms with van der Waals surface area (Å²) in [7, 11) is 0. The van der Waals surface area contributed by atoms with Crippen molar-refractivity contribution in [3.8, 4) is 0 Å². The summed E-state index contributed by atoms with van der Waals surface area (Å²) in [6.45, 7) is 1.96. The summed E-state index contributed by atoms with van der Waals surface area (Å²) in [6, 6.07) is 5.39. The molecule has 0 atom stereocenters. The van der Waals surface area contributed by atoms with Crippen molar-refractivity contribution in [1.29, 1.82) is 0 Å². The molecule has 0 bridgehead atoms. The van der Waals surface area contributed by atoms with E-state index in [1.54, 1.807) is 25.3 Å². The third-order valence-corrected chi connectivity index (χ3v) is 2.37. The summed E-state index contributed by atoms with van der Waals surface area (Å²) < 4.78 is 4.70. The second-order valence-corrected chi connectivity index (χ2v) is 3.67. The van der Waals surface area contributed by atoms with Crippen LogP contribution in [0.5, 0.6) is 0 Å². The summed E-state index contributed by atoms with van der Waals surface area (Å²) >= 11 is 0. The lowest BCUT2D eigenvalue weighted by Gasteiger charge is -2.05. The van der Waals surface area contributed by atoms with Crippen LogP contribution in [0, 0.1) is 0 Å². The van der Waals surface area contributed by atoms with Crippen molar-refractivity contribution < 1.29 is 14.3 Å². The number of fused-ring (bicyclic) bond motifs is 1. The lowest BCUT2D eigenvalue weighted by Crippen LogP contribution is -2.18. The van der Waals surface area contributed by atoms with Gasteiger partial charge in [-0.05, 0) is 19.1 Å². The molecule has 0 saturated carbocycles. The number of ether oxygens (including phenoxy) is 1. The van der Waals surface area contributed by atoms with Crippen molar-refractivity contribution >= 4 is 28.5 Å². The van der Waals surface area contributed by atoms with Gasteiger partial charge in [-0.3, -0.25) is 14.7 Å². The average Bonchev–Trinajstić information content (AvgIpc) is 2.78. The van der Waals surface area contributed by atoms with Crippen molar-refractivity contribution in [3.05, 3.63) is 24.4 Å². The van der Waals surface area contributed by atoms with E-state index in [-0.39, 0.29) is 13.0 Å². The van der Waals surface area contributed by atoms with E-state index in [1.165, 1.54) is 0 Å². The number of aromatic amines is 1. The van der Waals surface area contributed by atoms with Crippen LogP contribution >= 0.6 is 0 Å². The highest BCUT2D eigenvalue weighted by molar-refractivity contribution is 6.06. The Morgan fingerprint density at radius 1 is 1.44 bits per heavy atom. The zero-order valence-corrected chi connectivity index (χ0v) is 9.90. The highest BCUT2D eigenvalue weighted by Gasteiger charge is 2.11. The Morgan fingerprint density at radius 3 is 3.06 bits per heavy atom. The Morgan fingerprint density at radius 2 is 2.28 bits per heavy atom. The molecule has 2 N–H and O–H groups in total. The number of hydrogen-bond acceptors (Lipinski definition) is 4. The molecule has 1 heterocycles. The van der Waals surface area contributed by atoms with Crippen molar-refractivity contribution in [1.82, 2.24) is 10.2 Å². The number of anilines is 1. The third-order valence-electron chi connectivity index (χ3n) is 2.37. The summed E-state index contributed by atoms with van der Waals surface area (Å²) in [5.74, 6) is -0.934. The number of nitrogens with one attached hydrogen (secondary N) is 2. The molecule has 0 saturated heterocycles. The number of carbonyl (C=O) groups is 2. The van der Waals surface area contributed by atoms with Gasteiger partial charge in [-0.2, -0.15) is 5.10 Å². The zero-order chi connectivity index (χ0) is 13.0. The molecule has 1 amide bonds. The molecular weight excluding hydrogens is 234 g/mol. The highest BCUT2D eigenvalue weighted by Crippen LogP contribution is 2.20. The van der Waals surface area contributed by atoms with E-state index in [4.69, 9.17) is 4.74 Å². The number of benzene rings is 1. The van der Waals surface area contributed by atoms with E-state index < -0.39 is 11.9 Å². The van der Waals surface area contributed by atoms with Crippen LogP contribution in [-0.4, -0.2) is 28.7 Å². The molecule has 0 aliphatic heterocycles. The van der Waals surface area contributed by atoms with Gasteiger partial charge in [-0.15, -0.1) is 0 Å². The molecule has 2 aromatic rings. The molecular formula is C12H13N3O3. The Labute approximate surface area is 103 Å².